The van der Waals surface area contributed by atoms with Crippen molar-refractivity contribution in [1.29, 1.82) is 0 Å². The fraction of sp³-hybridized carbons (Fsp3) is 0.636. The molecule has 2 rings (SSSR count). The van der Waals surface area contributed by atoms with E-state index in [1.54, 1.807) is 11.3 Å². The zero-order valence-electron chi connectivity index (χ0n) is 9.48. The predicted octanol–water partition coefficient (Wildman–Crippen LogP) is 0.944. The summed E-state index contributed by atoms with van der Waals surface area (Å²) in [6.45, 7) is 3.55. The summed E-state index contributed by atoms with van der Waals surface area (Å²) in [5, 5.41) is 2.98. The lowest BCUT2D eigenvalue weighted by Gasteiger charge is -2.30. The molecule has 1 saturated heterocycles. The average Bonchev–Trinajstić information content (AvgIpc) is 2.65. The minimum absolute atomic E-state index is 0.178. The fourth-order valence-corrected chi connectivity index (χ4v) is 2.52. The van der Waals surface area contributed by atoms with Crippen molar-refractivity contribution in [1.82, 2.24) is 9.88 Å². The van der Waals surface area contributed by atoms with Gasteiger partial charge in [-0.15, -0.1) is 11.3 Å². The van der Waals surface area contributed by atoms with Gasteiger partial charge in [0, 0.05) is 24.5 Å². The molecule has 1 aliphatic heterocycles. The van der Waals surface area contributed by atoms with E-state index in [2.05, 4.69) is 4.98 Å². The number of carbonyl (C=O) groups is 1. The van der Waals surface area contributed by atoms with Crippen LogP contribution in [-0.2, 0) is 11.2 Å². The lowest BCUT2D eigenvalue weighted by atomic mass is 10.1. The molecule has 88 valence electrons. The van der Waals surface area contributed by atoms with Gasteiger partial charge in [0.2, 0.25) is 5.91 Å². The average molecular weight is 239 g/mol. The van der Waals surface area contributed by atoms with Gasteiger partial charge in [0.05, 0.1) is 17.1 Å². The number of piperidine rings is 1. The molecule has 1 aromatic heterocycles. The molecular weight excluding hydrogens is 222 g/mol. The van der Waals surface area contributed by atoms with Gasteiger partial charge in [-0.3, -0.25) is 4.79 Å². The van der Waals surface area contributed by atoms with Crippen LogP contribution in [0, 0.1) is 6.92 Å². The molecule has 1 aliphatic rings. The van der Waals surface area contributed by atoms with Gasteiger partial charge in [-0.1, -0.05) is 0 Å². The van der Waals surface area contributed by atoms with Gasteiger partial charge < -0.3 is 10.6 Å². The van der Waals surface area contributed by atoms with Gasteiger partial charge in [0.15, 0.2) is 0 Å². The highest BCUT2D eigenvalue weighted by Crippen LogP contribution is 2.12. The second-order valence-corrected chi connectivity index (χ2v) is 5.32. The number of thiazole rings is 1. The summed E-state index contributed by atoms with van der Waals surface area (Å²) in [6, 6.07) is 0.269. The molecule has 16 heavy (non-hydrogen) atoms. The first-order valence-electron chi connectivity index (χ1n) is 5.59. The highest BCUT2D eigenvalue weighted by atomic mass is 32.1. The van der Waals surface area contributed by atoms with Crippen molar-refractivity contribution in [3.63, 3.8) is 0 Å². The lowest BCUT2D eigenvalue weighted by molar-refractivity contribution is -0.131. The molecule has 0 aromatic carbocycles. The standard InChI is InChI=1S/C11H17N3OS/c1-8-13-10(7-16-8)6-11(15)14-4-2-9(12)3-5-14/h7,9H,2-6,12H2,1H3. The number of aromatic nitrogens is 1. The molecule has 0 atom stereocenters. The molecular formula is C11H17N3OS. The number of hydrogen-bond donors (Lipinski definition) is 1. The SMILES string of the molecule is Cc1nc(CC(=O)N2CCC(N)CC2)cs1. The molecule has 5 heteroatoms. The number of aryl methyl sites for hydroxylation is 1. The number of rotatable bonds is 2. The molecule has 4 nitrogen and oxygen atoms in total. The minimum atomic E-state index is 0.178. The van der Waals surface area contributed by atoms with Gasteiger partial charge >= 0.3 is 0 Å². The normalized spacial score (nSPS) is 17.8. The van der Waals surface area contributed by atoms with Crippen molar-refractivity contribution in [2.24, 2.45) is 5.73 Å². The summed E-state index contributed by atoms with van der Waals surface area (Å²) in [7, 11) is 0. The summed E-state index contributed by atoms with van der Waals surface area (Å²) in [4.78, 5) is 18.1. The van der Waals surface area contributed by atoms with Crippen LogP contribution in [0.2, 0.25) is 0 Å². The number of amides is 1. The maximum Gasteiger partial charge on any atom is 0.228 e. The number of nitrogens with zero attached hydrogens (tertiary/aromatic N) is 2. The van der Waals surface area contributed by atoms with Crippen LogP contribution in [0.15, 0.2) is 5.38 Å². The molecule has 0 radical (unpaired) electrons. The molecule has 0 saturated carbocycles. The van der Waals surface area contributed by atoms with E-state index in [0.717, 1.165) is 36.6 Å². The second-order valence-electron chi connectivity index (χ2n) is 4.25. The second kappa shape index (κ2) is 4.93. The van der Waals surface area contributed by atoms with E-state index in [-0.39, 0.29) is 11.9 Å². The van der Waals surface area contributed by atoms with Gasteiger partial charge in [-0.2, -0.15) is 0 Å². The van der Waals surface area contributed by atoms with Crippen LogP contribution >= 0.6 is 11.3 Å². The predicted molar refractivity (Wildman–Crippen MR) is 64.3 cm³/mol. The largest absolute Gasteiger partial charge is 0.342 e. The van der Waals surface area contributed by atoms with Gasteiger partial charge in [-0.25, -0.2) is 4.98 Å². The summed E-state index contributed by atoms with van der Waals surface area (Å²) >= 11 is 1.59. The van der Waals surface area contributed by atoms with Crippen LogP contribution in [-0.4, -0.2) is 34.9 Å². The van der Waals surface area contributed by atoms with Crippen molar-refractivity contribution in [2.45, 2.75) is 32.2 Å². The summed E-state index contributed by atoms with van der Waals surface area (Å²) in [6.07, 6.45) is 2.27. The first-order valence-corrected chi connectivity index (χ1v) is 6.47. The molecule has 2 N–H and O–H groups in total. The van der Waals surface area contributed by atoms with E-state index in [4.69, 9.17) is 5.73 Å². The maximum atomic E-state index is 11.9. The van der Waals surface area contributed by atoms with Crippen LogP contribution < -0.4 is 5.73 Å². The number of likely N-dealkylation sites (tertiary alicyclic amines) is 1. The third-order valence-electron chi connectivity index (χ3n) is 2.89. The highest BCUT2D eigenvalue weighted by molar-refractivity contribution is 7.09. The van der Waals surface area contributed by atoms with Crippen molar-refractivity contribution in [3.05, 3.63) is 16.1 Å². The maximum absolute atomic E-state index is 11.9. The van der Waals surface area contributed by atoms with Crippen LogP contribution in [0.1, 0.15) is 23.5 Å². The molecule has 0 spiro atoms. The van der Waals surface area contributed by atoms with Crippen molar-refractivity contribution in [3.8, 4) is 0 Å². The van der Waals surface area contributed by atoms with Crippen molar-refractivity contribution in [2.75, 3.05) is 13.1 Å². The van der Waals surface area contributed by atoms with Crippen LogP contribution in [0.4, 0.5) is 0 Å². The van der Waals surface area contributed by atoms with Gasteiger partial charge in [0.1, 0.15) is 0 Å². The lowest BCUT2D eigenvalue weighted by Crippen LogP contribution is -2.43. The Hall–Kier alpha value is -0.940. The molecule has 0 bridgehead atoms. The summed E-state index contributed by atoms with van der Waals surface area (Å²) in [5.41, 5.74) is 6.70. The van der Waals surface area contributed by atoms with Crippen LogP contribution in [0.5, 0.6) is 0 Å². The fourth-order valence-electron chi connectivity index (χ4n) is 1.91. The monoisotopic (exact) mass is 239 g/mol. The first-order chi connectivity index (χ1) is 7.65. The smallest absolute Gasteiger partial charge is 0.228 e. The number of nitrogens with two attached hydrogens (primary N) is 1. The summed E-state index contributed by atoms with van der Waals surface area (Å²) < 4.78 is 0. The van der Waals surface area contributed by atoms with Gasteiger partial charge in [-0.05, 0) is 19.8 Å². The molecule has 1 fully saturated rings. The van der Waals surface area contributed by atoms with Crippen LogP contribution in [0.3, 0.4) is 0 Å². The Morgan fingerprint density at radius 2 is 2.31 bits per heavy atom. The van der Waals surface area contributed by atoms with Crippen molar-refractivity contribution < 1.29 is 4.79 Å². The number of carbonyl (C=O) groups excluding carboxylic acids is 1. The topological polar surface area (TPSA) is 59.2 Å². The van der Waals surface area contributed by atoms with E-state index in [9.17, 15) is 4.79 Å². The molecule has 1 aromatic rings. The van der Waals surface area contributed by atoms with E-state index in [0.29, 0.717) is 6.42 Å². The Morgan fingerprint density at radius 1 is 1.62 bits per heavy atom. The van der Waals surface area contributed by atoms with E-state index < -0.39 is 0 Å². The third kappa shape index (κ3) is 2.80. The Labute approximate surface area is 99.5 Å². The van der Waals surface area contributed by atoms with Crippen LogP contribution in [0.25, 0.3) is 0 Å². The highest BCUT2D eigenvalue weighted by Gasteiger charge is 2.20. The molecule has 0 unspecified atom stereocenters. The molecule has 1 amide bonds. The molecule has 2 heterocycles. The minimum Gasteiger partial charge on any atom is -0.342 e. The third-order valence-corrected chi connectivity index (χ3v) is 3.71. The zero-order chi connectivity index (χ0) is 11.5. The number of hydrogen-bond acceptors (Lipinski definition) is 4. The Balaban J connectivity index is 1.88. The summed E-state index contributed by atoms with van der Waals surface area (Å²) in [5.74, 6) is 0.178. The van der Waals surface area contributed by atoms with Crippen molar-refractivity contribution >= 4 is 17.2 Å². The zero-order valence-corrected chi connectivity index (χ0v) is 10.3. The Bertz CT molecular complexity index is 369. The van der Waals surface area contributed by atoms with E-state index >= 15 is 0 Å². The van der Waals surface area contributed by atoms with E-state index in [1.165, 1.54) is 0 Å². The Morgan fingerprint density at radius 3 is 2.88 bits per heavy atom. The quantitative estimate of drug-likeness (QED) is 0.835. The Kier molecular flexibility index (Phi) is 3.56. The first kappa shape index (κ1) is 11.5. The molecule has 0 aliphatic carbocycles. The van der Waals surface area contributed by atoms with E-state index in [1.807, 2.05) is 17.2 Å². The van der Waals surface area contributed by atoms with Gasteiger partial charge in [0.25, 0.3) is 0 Å².